The Kier molecular flexibility index (Phi) is 2.15. The van der Waals surface area contributed by atoms with Crippen LogP contribution in [-0.2, 0) is 18.3 Å². The van der Waals surface area contributed by atoms with Gasteiger partial charge < -0.3 is 10.6 Å². The highest BCUT2D eigenvalue weighted by Gasteiger charge is 2.19. The normalized spacial score (nSPS) is 15.4. The van der Waals surface area contributed by atoms with Gasteiger partial charge in [0.15, 0.2) is 0 Å². The highest BCUT2D eigenvalue weighted by molar-refractivity contribution is 5.96. The van der Waals surface area contributed by atoms with E-state index in [4.69, 9.17) is 0 Å². The lowest BCUT2D eigenvalue weighted by Gasteiger charge is -2.03. The largest absolute Gasteiger partial charge is 0.368 e. The Morgan fingerprint density at radius 3 is 3.07 bits per heavy atom. The zero-order chi connectivity index (χ0) is 10.1. The molecule has 0 atom stereocenters. The summed E-state index contributed by atoms with van der Waals surface area (Å²) in [6.07, 6.45) is 1.34. The summed E-state index contributed by atoms with van der Waals surface area (Å²) in [6.45, 7) is 2.70. The number of carbonyl (C=O) groups is 1. The number of nitrogens with zero attached hydrogens (tertiary/aromatic N) is 2. The second-order valence-corrected chi connectivity index (χ2v) is 3.37. The van der Waals surface area contributed by atoms with Crippen LogP contribution in [-0.4, -0.2) is 22.2 Å². The lowest BCUT2D eigenvalue weighted by Crippen LogP contribution is -2.12. The molecule has 0 fully saturated rings. The summed E-state index contributed by atoms with van der Waals surface area (Å²) in [5, 5.41) is 10.4. The van der Waals surface area contributed by atoms with Crippen LogP contribution in [0.25, 0.3) is 0 Å². The van der Waals surface area contributed by atoms with E-state index >= 15 is 0 Å². The van der Waals surface area contributed by atoms with Crippen LogP contribution in [0, 0.1) is 0 Å². The van der Waals surface area contributed by atoms with Gasteiger partial charge in [-0.25, -0.2) is 0 Å². The van der Waals surface area contributed by atoms with E-state index in [0.717, 1.165) is 23.6 Å². The van der Waals surface area contributed by atoms with E-state index in [1.165, 1.54) is 0 Å². The van der Waals surface area contributed by atoms with Gasteiger partial charge in [0, 0.05) is 20.0 Å². The van der Waals surface area contributed by atoms with E-state index in [-0.39, 0.29) is 5.91 Å². The SMILES string of the molecule is CCc1nn(C)c2c1NC(=O)CCN2. The molecule has 1 aliphatic heterocycles. The van der Waals surface area contributed by atoms with Gasteiger partial charge in [-0.1, -0.05) is 6.92 Å². The fourth-order valence-corrected chi connectivity index (χ4v) is 1.66. The molecule has 0 saturated heterocycles. The summed E-state index contributed by atoms with van der Waals surface area (Å²) in [4.78, 5) is 11.3. The summed E-state index contributed by atoms with van der Waals surface area (Å²) in [5.74, 6) is 0.964. The molecule has 2 N–H and O–H groups in total. The molecule has 14 heavy (non-hydrogen) atoms. The lowest BCUT2D eigenvalue weighted by atomic mass is 10.3. The third-order valence-electron chi connectivity index (χ3n) is 2.36. The molecule has 5 heteroatoms. The van der Waals surface area contributed by atoms with E-state index in [1.807, 2.05) is 14.0 Å². The van der Waals surface area contributed by atoms with Gasteiger partial charge >= 0.3 is 0 Å². The molecule has 0 saturated carbocycles. The van der Waals surface area contributed by atoms with Crippen molar-refractivity contribution in [3.05, 3.63) is 5.69 Å². The van der Waals surface area contributed by atoms with E-state index in [2.05, 4.69) is 15.7 Å². The maximum absolute atomic E-state index is 11.3. The van der Waals surface area contributed by atoms with Crippen LogP contribution in [0.3, 0.4) is 0 Å². The molecule has 76 valence electrons. The second kappa shape index (κ2) is 3.32. The van der Waals surface area contributed by atoms with Crippen molar-refractivity contribution < 1.29 is 4.79 Å². The number of hydrogen-bond donors (Lipinski definition) is 2. The predicted molar refractivity (Wildman–Crippen MR) is 54.3 cm³/mol. The van der Waals surface area contributed by atoms with Gasteiger partial charge in [-0.2, -0.15) is 5.10 Å². The van der Waals surface area contributed by atoms with Gasteiger partial charge in [-0.15, -0.1) is 0 Å². The van der Waals surface area contributed by atoms with E-state index in [9.17, 15) is 4.79 Å². The van der Waals surface area contributed by atoms with Crippen LogP contribution < -0.4 is 10.6 Å². The number of hydrogen-bond acceptors (Lipinski definition) is 3. The number of fused-ring (bicyclic) bond motifs is 1. The molecule has 1 aromatic rings. The topological polar surface area (TPSA) is 59.0 Å². The predicted octanol–water partition coefficient (Wildman–Crippen LogP) is 0.737. The van der Waals surface area contributed by atoms with E-state index < -0.39 is 0 Å². The number of aromatic nitrogens is 2. The van der Waals surface area contributed by atoms with Gasteiger partial charge in [0.25, 0.3) is 0 Å². The first-order valence-corrected chi connectivity index (χ1v) is 4.82. The summed E-state index contributed by atoms with van der Waals surface area (Å²) >= 11 is 0. The molecule has 0 spiro atoms. The quantitative estimate of drug-likeness (QED) is 0.693. The molecule has 1 amide bonds. The number of carbonyl (C=O) groups excluding carboxylic acids is 1. The molecule has 0 radical (unpaired) electrons. The third kappa shape index (κ3) is 1.34. The smallest absolute Gasteiger partial charge is 0.226 e. The molecule has 0 unspecified atom stereocenters. The molecular formula is C9H14N4O. The Hall–Kier alpha value is -1.52. The molecule has 1 aliphatic rings. The Morgan fingerprint density at radius 2 is 2.36 bits per heavy atom. The Bertz CT molecular complexity index is 369. The lowest BCUT2D eigenvalue weighted by molar-refractivity contribution is -0.115. The molecule has 0 aliphatic carbocycles. The molecular weight excluding hydrogens is 180 g/mol. The standard InChI is InChI=1S/C9H14N4O/c1-3-6-8-9(13(2)12-6)10-5-4-7(14)11-8/h10H,3-5H2,1-2H3,(H,11,14). The number of anilines is 2. The first kappa shape index (κ1) is 9.05. The molecule has 0 bridgehead atoms. The summed E-state index contributed by atoms with van der Waals surface area (Å²) in [5.41, 5.74) is 1.78. The molecule has 2 heterocycles. The molecule has 2 rings (SSSR count). The van der Waals surface area contributed by atoms with Gasteiger partial charge in [-0.05, 0) is 6.42 Å². The second-order valence-electron chi connectivity index (χ2n) is 3.37. The van der Waals surface area contributed by atoms with Crippen LogP contribution in [0.1, 0.15) is 19.0 Å². The molecule has 5 nitrogen and oxygen atoms in total. The van der Waals surface area contributed by atoms with Crippen molar-refractivity contribution in [3.8, 4) is 0 Å². The van der Waals surface area contributed by atoms with Crippen LogP contribution in [0.2, 0.25) is 0 Å². The number of rotatable bonds is 1. The average Bonchev–Trinajstić information content (AvgIpc) is 2.36. The van der Waals surface area contributed by atoms with Crippen molar-refractivity contribution in [2.75, 3.05) is 17.2 Å². The van der Waals surface area contributed by atoms with Crippen LogP contribution in [0.4, 0.5) is 11.5 Å². The van der Waals surface area contributed by atoms with Gasteiger partial charge in [0.05, 0.1) is 5.69 Å². The minimum absolute atomic E-state index is 0.0546. The van der Waals surface area contributed by atoms with Crippen molar-refractivity contribution in [1.29, 1.82) is 0 Å². The molecule has 1 aromatic heterocycles. The highest BCUT2D eigenvalue weighted by Crippen LogP contribution is 2.27. The van der Waals surface area contributed by atoms with E-state index in [1.54, 1.807) is 4.68 Å². The van der Waals surface area contributed by atoms with Crippen LogP contribution in [0.5, 0.6) is 0 Å². The number of aryl methyl sites for hydroxylation is 2. The van der Waals surface area contributed by atoms with Crippen molar-refractivity contribution in [2.45, 2.75) is 19.8 Å². The molecule has 0 aromatic carbocycles. The van der Waals surface area contributed by atoms with Crippen molar-refractivity contribution in [2.24, 2.45) is 7.05 Å². The van der Waals surface area contributed by atoms with Crippen molar-refractivity contribution in [3.63, 3.8) is 0 Å². The fourth-order valence-electron chi connectivity index (χ4n) is 1.66. The monoisotopic (exact) mass is 194 g/mol. The summed E-state index contributed by atoms with van der Waals surface area (Å²) in [7, 11) is 1.88. The first-order chi connectivity index (χ1) is 6.72. The van der Waals surface area contributed by atoms with Gasteiger partial charge in [-0.3, -0.25) is 9.48 Å². The van der Waals surface area contributed by atoms with Crippen LogP contribution in [0.15, 0.2) is 0 Å². The van der Waals surface area contributed by atoms with Gasteiger partial charge in [0.1, 0.15) is 11.5 Å². The summed E-state index contributed by atoms with van der Waals surface area (Å²) in [6, 6.07) is 0. The third-order valence-corrected chi connectivity index (χ3v) is 2.36. The van der Waals surface area contributed by atoms with Gasteiger partial charge in [0.2, 0.25) is 5.91 Å². The average molecular weight is 194 g/mol. The van der Waals surface area contributed by atoms with E-state index in [0.29, 0.717) is 13.0 Å². The summed E-state index contributed by atoms with van der Waals surface area (Å²) < 4.78 is 1.78. The highest BCUT2D eigenvalue weighted by atomic mass is 16.1. The maximum Gasteiger partial charge on any atom is 0.226 e. The number of nitrogens with one attached hydrogen (secondary N) is 2. The Morgan fingerprint density at radius 1 is 1.57 bits per heavy atom. The van der Waals surface area contributed by atoms with Crippen molar-refractivity contribution in [1.82, 2.24) is 9.78 Å². The Labute approximate surface area is 82.5 Å². The van der Waals surface area contributed by atoms with Crippen molar-refractivity contribution >= 4 is 17.4 Å². The van der Waals surface area contributed by atoms with Crippen LogP contribution >= 0.6 is 0 Å². The first-order valence-electron chi connectivity index (χ1n) is 4.82. The Balaban J connectivity index is 2.46. The fraction of sp³-hybridized carbons (Fsp3) is 0.556. The minimum Gasteiger partial charge on any atom is -0.368 e. The minimum atomic E-state index is 0.0546. The maximum atomic E-state index is 11.3. The zero-order valence-corrected chi connectivity index (χ0v) is 8.42. The number of amides is 1. The zero-order valence-electron chi connectivity index (χ0n) is 8.42.